The van der Waals surface area contributed by atoms with Gasteiger partial charge < -0.3 is 14.3 Å². The summed E-state index contributed by atoms with van der Waals surface area (Å²) in [5.41, 5.74) is 4.34. The number of aryl methyl sites for hydroxylation is 2. The maximum Gasteiger partial charge on any atom is 0.338 e. The molecule has 1 aromatic rings. The van der Waals surface area contributed by atoms with Crippen molar-refractivity contribution in [2.75, 3.05) is 6.61 Å². The summed E-state index contributed by atoms with van der Waals surface area (Å²) in [4.78, 5) is 18.7. The second kappa shape index (κ2) is 11.1. The predicted molar refractivity (Wildman–Crippen MR) is 119 cm³/mol. The summed E-state index contributed by atoms with van der Waals surface area (Å²) < 4.78 is 11.4. The minimum atomic E-state index is -0.291. The van der Waals surface area contributed by atoms with Gasteiger partial charge >= 0.3 is 5.97 Å². The molecule has 0 amide bonds. The molecule has 2 atom stereocenters. The summed E-state index contributed by atoms with van der Waals surface area (Å²) in [5, 5.41) is 4.41. The maximum atomic E-state index is 13.0. The van der Waals surface area contributed by atoms with Crippen molar-refractivity contribution in [3.05, 3.63) is 58.7 Å². The lowest BCUT2D eigenvalue weighted by molar-refractivity contribution is -0.162. The molecule has 0 saturated carbocycles. The highest BCUT2D eigenvalue weighted by Crippen LogP contribution is 2.22. The van der Waals surface area contributed by atoms with E-state index in [0.717, 1.165) is 60.9 Å². The van der Waals surface area contributed by atoms with Gasteiger partial charge in [0.2, 0.25) is 6.29 Å². The number of esters is 1. The van der Waals surface area contributed by atoms with Crippen LogP contribution in [0.25, 0.3) is 0 Å². The SMILES string of the molecule is Cc1cc(C)c2c(c1)CC(=N/OC1CCCCO1)/C=C/CC/C=C/CC(C)OC2=O. The summed E-state index contributed by atoms with van der Waals surface area (Å²) in [6, 6.07) is 4.06. The van der Waals surface area contributed by atoms with Crippen molar-refractivity contribution in [2.24, 2.45) is 5.16 Å². The fourth-order valence-electron chi connectivity index (χ4n) is 3.83. The van der Waals surface area contributed by atoms with Crippen molar-refractivity contribution in [1.29, 1.82) is 0 Å². The highest BCUT2D eigenvalue weighted by molar-refractivity contribution is 5.99. The first kappa shape index (κ1) is 22.3. The van der Waals surface area contributed by atoms with Crippen LogP contribution in [0.2, 0.25) is 0 Å². The monoisotopic (exact) mass is 411 g/mol. The number of allylic oxidation sites excluding steroid dienone is 3. The average molecular weight is 412 g/mol. The summed E-state index contributed by atoms with van der Waals surface area (Å²) in [6.45, 7) is 6.64. The Morgan fingerprint density at radius 3 is 2.73 bits per heavy atom. The number of benzene rings is 1. The molecule has 162 valence electrons. The molecule has 5 nitrogen and oxygen atoms in total. The number of ether oxygens (including phenoxy) is 2. The van der Waals surface area contributed by atoms with Gasteiger partial charge in [0.25, 0.3) is 0 Å². The molecule has 2 aliphatic heterocycles. The van der Waals surface area contributed by atoms with Gasteiger partial charge in [-0.3, -0.25) is 0 Å². The van der Waals surface area contributed by atoms with Crippen LogP contribution in [-0.2, 0) is 20.7 Å². The molecule has 2 aliphatic rings. The smallest absolute Gasteiger partial charge is 0.338 e. The largest absolute Gasteiger partial charge is 0.459 e. The van der Waals surface area contributed by atoms with E-state index in [4.69, 9.17) is 14.3 Å². The van der Waals surface area contributed by atoms with Gasteiger partial charge in [-0.25, -0.2) is 4.79 Å². The molecular weight excluding hydrogens is 378 g/mol. The van der Waals surface area contributed by atoms with Crippen molar-refractivity contribution >= 4 is 11.7 Å². The lowest BCUT2D eigenvalue weighted by Crippen LogP contribution is -2.21. The van der Waals surface area contributed by atoms with Crippen LogP contribution in [0, 0.1) is 13.8 Å². The van der Waals surface area contributed by atoms with Gasteiger partial charge in [-0.2, -0.15) is 0 Å². The number of carbonyl (C=O) groups is 1. The van der Waals surface area contributed by atoms with E-state index >= 15 is 0 Å². The van der Waals surface area contributed by atoms with Crippen LogP contribution < -0.4 is 0 Å². The van der Waals surface area contributed by atoms with Crippen LogP contribution in [0.15, 0.2) is 41.6 Å². The Morgan fingerprint density at radius 2 is 1.93 bits per heavy atom. The fraction of sp³-hybridized carbons (Fsp3) is 0.520. The first-order chi connectivity index (χ1) is 14.5. The predicted octanol–water partition coefficient (Wildman–Crippen LogP) is 5.59. The lowest BCUT2D eigenvalue weighted by Gasteiger charge is -2.20. The number of cyclic esters (lactones) is 1. The number of nitrogens with zero attached hydrogens (tertiary/aromatic N) is 1. The number of hydrogen-bond donors (Lipinski definition) is 0. The number of oxime groups is 1. The lowest BCUT2D eigenvalue weighted by atomic mass is 9.95. The van der Waals surface area contributed by atoms with Crippen LogP contribution >= 0.6 is 0 Å². The van der Waals surface area contributed by atoms with Crippen molar-refractivity contribution in [3.8, 4) is 0 Å². The highest BCUT2D eigenvalue weighted by atomic mass is 16.8. The van der Waals surface area contributed by atoms with E-state index in [1.165, 1.54) is 0 Å². The highest BCUT2D eigenvalue weighted by Gasteiger charge is 2.20. The van der Waals surface area contributed by atoms with Crippen LogP contribution in [0.5, 0.6) is 0 Å². The molecule has 5 heteroatoms. The Balaban J connectivity index is 1.91. The molecular formula is C25H33NO4. The topological polar surface area (TPSA) is 57.1 Å². The normalized spacial score (nSPS) is 26.9. The molecule has 30 heavy (non-hydrogen) atoms. The van der Waals surface area contributed by atoms with Crippen molar-refractivity contribution < 1.29 is 19.1 Å². The quantitative estimate of drug-likeness (QED) is 0.362. The molecule has 1 saturated heterocycles. The zero-order chi connectivity index (χ0) is 21.3. The number of carbonyl (C=O) groups excluding carboxylic acids is 1. The van der Waals surface area contributed by atoms with E-state index in [9.17, 15) is 4.79 Å². The minimum absolute atomic E-state index is 0.166. The number of fused-ring (bicyclic) bond motifs is 1. The van der Waals surface area contributed by atoms with E-state index in [0.29, 0.717) is 18.6 Å². The molecule has 0 spiro atoms. The van der Waals surface area contributed by atoms with Crippen LogP contribution in [-0.4, -0.2) is 30.7 Å². The Morgan fingerprint density at radius 1 is 1.10 bits per heavy atom. The minimum Gasteiger partial charge on any atom is -0.459 e. The molecule has 0 aliphatic carbocycles. The van der Waals surface area contributed by atoms with E-state index in [1.807, 2.05) is 39.0 Å². The van der Waals surface area contributed by atoms with Gasteiger partial charge in [0.05, 0.1) is 17.9 Å². The van der Waals surface area contributed by atoms with Gasteiger partial charge in [0.1, 0.15) is 6.10 Å². The van der Waals surface area contributed by atoms with Gasteiger partial charge in [-0.15, -0.1) is 0 Å². The third kappa shape index (κ3) is 6.56. The number of rotatable bonds is 2. The Kier molecular flexibility index (Phi) is 8.26. The van der Waals surface area contributed by atoms with Crippen molar-refractivity contribution in [1.82, 2.24) is 0 Å². The second-order valence-electron chi connectivity index (χ2n) is 8.18. The van der Waals surface area contributed by atoms with E-state index in [2.05, 4.69) is 23.4 Å². The standard InChI is InChI=1S/C25H33NO4/c1-18-15-19(2)24-21(16-18)17-22(26-30-23-13-9-10-14-28-23)12-8-6-4-5-7-11-20(3)29-25(24)27/h5,7-8,12,15-16,20,23H,4,6,9-11,13-14,17H2,1-3H3/b7-5+,12-8+,26-22+. The molecule has 3 rings (SSSR count). The number of hydrogen-bond acceptors (Lipinski definition) is 5. The Labute approximate surface area is 179 Å². The summed E-state index contributed by atoms with van der Waals surface area (Å²) in [7, 11) is 0. The van der Waals surface area contributed by atoms with Gasteiger partial charge in [0, 0.05) is 19.3 Å². The molecule has 1 aromatic carbocycles. The molecule has 1 fully saturated rings. The summed E-state index contributed by atoms with van der Waals surface area (Å²) >= 11 is 0. The molecule has 2 unspecified atom stereocenters. The zero-order valence-electron chi connectivity index (χ0n) is 18.4. The van der Waals surface area contributed by atoms with Gasteiger partial charge in [0.15, 0.2) is 0 Å². The summed E-state index contributed by atoms with van der Waals surface area (Å²) in [5.74, 6) is -0.277. The van der Waals surface area contributed by atoms with Gasteiger partial charge in [-0.1, -0.05) is 41.1 Å². The zero-order valence-corrected chi connectivity index (χ0v) is 18.4. The molecule has 0 bridgehead atoms. The third-order valence-electron chi connectivity index (χ3n) is 5.32. The Bertz CT molecular complexity index is 819. The second-order valence-corrected chi connectivity index (χ2v) is 8.18. The van der Waals surface area contributed by atoms with Crippen LogP contribution in [0.3, 0.4) is 0 Å². The van der Waals surface area contributed by atoms with Crippen molar-refractivity contribution in [3.63, 3.8) is 0 Å². The fourth-order valence-corrected chi connectivity index (χ4v) is 3.83. The van der Waals surface area contributed by atoms with Crippen LogP contribution in [0.4, 0.5) is 0 Å². The molecule has 0 aromatic heterocycles. The first-order valence-electron chi connectivity index (χ1n) is 11.0. The summed E-state index contributed by atoms with van der Waals surface area (Å²) in [6.07, 6.45) is 13.9. The molecule has 0 radical (unpaired) electrons. The van der Waals surface area contributed by atoms with Crippen molar-refractivity contribution in [2.45, 2.75) is 78.1 Å². The van der Waals surface area contributed by atoms with E-state index < -0.39 is 0 Å². The average Bonchev–Trinajstić information content (AvgIpc) is 2.70. The van der Waals surface area contributed by atoms with E-state index in [1.54, 1.807) is 0 Å². The van der Waals surface area contributed by atoms with Crippen LogP contribution in [0.1, 0.15) is 72.5 Å². The first-order valence-corrected chi connectivity index (χ1v) is 11.0. The molecule has 0 N–H and O–H groups in total. The third-order valence-corrected chi connectivity index (χ3v) is 5.32. The maximum absolute atomic E-state index is 13.0. The van der Waals surface area contributed by atoms with E-state index in [-0.39, 0.29) is 18.4 Å². The molecule has 2 heterocycles. The Hall–Kier alpha value is -2.40. The van der Waals surface area contributed by atoms with Gasteiger partial charge in [-0.05, 0) is 63.7 Å².